The van der Waals surface area contributed by atoms with Crippen LogP contribution in [0.15, 0.2) is 11.4 Å². The Hall–Kier alpha value is -0.630. The highest BCUT2D eigenvalue weighted by molar-refractivity contribution is 14.1. The van der Waals surface area contributed by atoms with Gasteiger partial charge in [-0.25, -0.2) is 0 Å². The van der Waals surface area contributed by atoms with Crippen LogP contribution in [0.4, 0.5) is 0 Å². The van der Waals surface area contributed by atoms with Crippen molar-refractivity contribution in [3.05, 3.63) is 19.9 Å². The lowest BCUT2D eigenvalue weighted by molar-refractivity contribution is -0.137. The van der Waals surface area contributed by atoms with E-state index in [9.17, 15) is 9.59 Å². The number of amides is 1. The standard InChI is InChI=1S/C11H12INO3S/c12-9-4-7(6-17-9)11(16)13-3-1-2-8(13)5-10(14)15/h4,6,8H,1-3,5H2,(H,14,15). The third kappa shape index (κ3) is 2.98. The van der Waals surface area contributed by atoms with Crippen molar-refractivity contribution in [1.29, 1.82) is 0 Å². The van der Waals surface area contributed by atoms with Crippen molar-refractivity contribution >= 4 is 45.8 Å². The molecule has 17 heavy (non-hydrogen) atoms. The van der Waals surface area contributed by atoms with Gasteiger partial charge in [0.15, 0.2) is 0 Å². The Balaban J connectivity index is 2.10. The van der Waals surface area contributed by atoms with E-state index in [2.05, 4.69) is 22.6 Å². The zero-order valence-electron chi connectivity index (χ0n) is 9.06. The number of carbonyl (C=O) groups is 2. The smallest absolute Gasteiger partial charge is 0.305 e. The number of aliphatic carboxylic acids is 1. The number of carboxylic acid groups (broad SMARTS) is 1. The van der Waals surface area contributed by atoms with Crippen molar-refractivity contribution in [2.45, 2.75) is 25.3 Å². The van der Waals surface area contributed by atoms with Crippen LogP contribution in [0, 0.1) is 2.88 Å². The number of hydrogen-bond donors (Lipinski definition) is 1. The minimum Gasteiger partial charge on any atom is -0.481 e. The van der Waals surface area contributed by atoms with E-state index in [1.165, 1.54) is 11.3 Å². The minimum absolute atomic E-state index is 0.0343. The second-order valence-corrected chi connectivity index (χ2v) is 6.84. The molecule has 0 saturated carbocycles. The SMILES string of the molecule is O=C(O)CC1CCCN1C(=O)c1csc(I)c1. The Morgan fingerprint density at radius 3 is 2.94 bits per heavy atom. The summed E-state index contributed by atoms with van der Waals surface area (Å²) in [5.74, 6) is -0.873. The maximum atomic E-state index is 12.2. The molecule has 1 aliphatic heterocycles. The molecule has 0 aliphatic carbocycles. The third-order valence-electron chi connectivity index (χ3n) is 2.86. The molecule has 0 aromatic carbocycles. The van der Waals surface area contributed by atoms with Crippen LogP contribution in [0.2, 0.25) is 0 Å². The molecule has 1 atom stereocenters. The Labute approximate surface area is 117 Å². The van der Waals surface area contributed by atoms with Crippen LogP contribution in [0.1, 0.15) is 29.6 Å². The molecular weight excluding hydrogens is 353 g/mol. The lowest BCUT2D eigenvalue weighted by atomic mass is 10.1. The Kier molecular flexibility index (Phi) is 4.03. The molecule has 0 bridgehead atoms. The van der Waals surface area contributed by atoms with Crippen LogP contribution in [-0.4, -0.2) is 34.5 Å². The topological polar surface area (TPSA) is 57.6 Å². The number of carbonyl (C=O) groups excluding carboxylic acids is 1. The third-order valence-corrected chi connectivity index (χ3v) is 4.65. The molecular formula is C11H12INO3S. The molecule has 2 heterocycles. The molecule has 0 spiro atoms. The molecule has 1 amide bonds. The maximum Gasteiger partial charge on any atom is 0.305 e. The van der Waals surface area contributed by atoms with Crippen molar-refractivity contribution in [1.82, 2.24) is 4.90 Å². The molecule has 6 heteroatoms. The second-order valence-electron chi connectivity index (χ2n) is 4.03. The van der Waals surface area contributed by atoms with Gasteiger partial charge in [-0.05, 0) is 41.5 Å². The van der Waals surface area contributed by atoms with Gasteiger partial charge in [0.05, 0.1) is 14.9 Å². The molecule has 1 aliphatic rings. The van der Waals surface area contributed by atoms with E-state index in [4.69, 9.17) is 5.11 Å². The number of hydrogen-bond acceptors (Lipinski definition) is 3. The van der Waals surface area contributed by atoms with Gasteiger partial charge in [-0.3, -0.25) is 9.59 Å². The van der Waals surface area contributed by atoms with Gasteiger partial charge < -0.3 is 10.0 Å². The van der Waals surface area contributed by atoms with E-state index < -0.39 is 5.97 Å². The van der Waals surface area contributed by atoms with Gasteiger partial charge in [0.2, 0.25) is 0 Å². The van der Waals surface area contributed by atoms with E-state index in [0.717, 1.165) is 15.7 Å². The Morgan fingerprint density at radius 2 is 2.35 bits per heavy atom. The summed E-state index contributed by atoms with van der Waals surface area (Å²) in [5.41, 5.74) is 0.677. The predicted octanol–water partition coefficient (Wildman–Crippen LogP) is 2.43. The van der Waals surface area contributed by atoms with Gasteiger partial charge in [-0.15, -0.1) is 11.3 Å². The first kappa shape index (κ1) is 12.8. The molecule has 1 aromatic rings. The lowest BCUT2D eigenvalue weighted by Gasteiger charge is -2.22. The van der Waals surface area contributed by atoms with Gasteiger partial charge in [0.1, 0.15) is 0 Å². The van der Waals surface area contributed by atoms with Crippen molar-refractivity contribution in [3.63, 3.8) is 0 Å². The van der Waals surface area contributed by atoms with Crippen LogP contribution < -0.4 is 0 Å². The van der Waals surface area contributed by atoms with Crippen LogP contribution in [0.5, 0.6) is 0 Å². The van der Waals surface area contributed by atoms with Crippen molar-refractivity contribution < 1.29 is 14.7 Å². The molecule has 1 N–H and O–H groups in total. The van der Waals surface area contributed by atoms with E-state index in [1.807, 2.05) is 11.4 Å². The van der Waals surface area contributed by atoms with Crippen LogP contribution in [0.25, 0.3) is 0 Å². The highest BCUT2D eigenvalue weighted by Crippen LogP contribution is 2.25. The average molecular weight is 365 g/mol. The Bertz CT molecular complexity index is 446. The normalized spacial score (nSPS) is 19.6. The molecule has 1 fully saturated rings. The maximum absolute atomic E-state index is 12.2. The summed E-state index contributed by atoms with van der Waals surface area (Å²) < 4.78 is 1.07. The first-order valence-corrected chi connectivity index (χ1v) is 7.30. The van der Waals surface area contributed by atoms with Gasteiger partial charge in [-0.1, -0.05) is 0 Å². The Morgan fingerprint density at radius 1 is 1.59 bits per heavy atom. The van der Waals surface area contributed by atoms with Gasteiger partial charge >= 0.3 is 5.97 Å². The van der Waals surface area contributed by atoms with Crippen molar-refractivity contribution in [3.8, 4) is 0 Å². The summed E-state index contributed by atoms with van der Waals surface area (Å²) in [6.07, 6.45) is 1.73. The minimum atomic E-state index is -0.838. The first-order valence-electron chi connectivity index (χ1n) is 5.34. The molecule has 2 rings (SSSR count). The number of carboxylic acids is 1. The van der Waals surface area contributed by atoms with Gasteiger partial charge in [0, 0.05) is 18.0 Å². The van der Waals surface area contributed by atoms with Crippen molar-refractivity contribution in [2.75, 3.05) is 6.54 Å². The van der Waals surface area contributed by atoms with Crippen LogP contribution >= 0.6 is 33.9 Å². The van der Waals surface area contributed by atoms with Crippen molar-refractivity contribution in [2.24, 2.45) is 0 Å². The zero-order chi connectivity index (χ0) is 12.4. The monoisotopic (exact) mass is 365 g/mol. The van der Waals surface area contributed by atoms with Crippen LogP contribution in [0.3, 0.4) is 0 Å². The summed E-state index contributed by atoms with van der Waals surface area (Å²) >= 11 is 3.71. The number of thiophene rings is 1. The molecule has 92 valence electrons. The zero-order valence-corrected chi connectivity index (χ0v) is 12.0. The van der Waals surface area contributed by atoms with Crippen LogP contribution in [-0.2, 0) is 4.79 Å². The summed E-state index contributed by atoms with van der Waals surface area (Å²) in [5, 5.41) is 10.6. The number of likely N-dealkylation sites (tertiary alicyclic amines) is 1. The molecule has 1 aromatic heterocycles. The van der Waals surface area contributed by atoms with Gasteiger partial charge in [0.25, 0.3) is 5.91 Å². The summed E-state index contributed by atoms with van der Waals surface area (Å²) in [4.78, 5) is 24.6. The first-order chi connectivity index (χ1) is 8.08. The van der Waals surface area contributed by atoms with E-state index in [-0.39, 0.29) is 18.4 Å². The molecule has 4 nitrogen and oxygen atoms in total. The fourth-order valence-electron chi connectivity index (χ4n) is 2.10. The largest absolute Gasteiger partial charge is 0.481 e. The van der Waals surface area contributed by atoms with Gasteiger partial charge in [-0.2, -0.15) is 0 Å². The average Bonchev–Trinajstić information content (AvgIpc) is 2.85. The molecule has 0 radical (unpaired) electrons. The fraction of sp³-hybridized carbons (Fsp3) is 0.455. The summed E-state index contributed by atoms with van der Waals surface area (Å²) in [6, 6.07) is 1.71. The summed E-state index contributed by atoms with van der Waals surface area (Å²) in [7, 11) is 0. The quantitative estimate of drug-likeness (QED) is 0.838. The molecule has 1 unspecified atom stereocenters. The second kappa shape index (κ2) is 5.34. The highest BCUT2D eigenvalue weighted by atomic mass is 127. The highest BCUT2D eigenvalue weighted by Gasteiger charge is 2.31. The van der Waals surface area contributed by atoms with E-state index in [0.29, 0.717) is 12.1 Å². The summed E-state index contributed by atoms with van der Waals surface area (Å²) in [6.45, 7) is 0.670. The van der Waals surface area contributed by atoms with E-state index in [1.54, 1.807) is 4.90 Å². The predicted molar refractivity (Wildman–Crippen MR) is 73.3 cm³/mol. The van der Waals surface area contributed by atoms with E-state index >= 15 is 0 Å². The number of halogens is 1. The molecule has 1 saturated heterocycles. The fourth-order valence-corrected chi connectivity index (χ4v) is 3.43. The number of nitrogens with zero attached hydrogens (tertiary/aromatic N) is 1. The lowest BCUT2D eigenvalue weighted by Crippen LogP contribution is -2.36. The number of rotatable bonds is 3.